The van der Waals surface area contributed by atoms with Gasteiger partial charge in [0.05, 0.1) is 6.26 Å². The molecule has 0 aliphatic carbocycles. The number of amides is 1. The number of carbonyl (C=O) groups excluding carboxylic acids is 1. The van der Waals surface area contributed by atoms with Crippen molar-refractivity contribution in [1.82, 2.24) is 9.88 Å². The summed E-state index contributed by atoms with van der Waals surface area (Å²) in [6.45, 7) is 2.71. The Morgan fingerprint density at radius 1 is 1.33 bits per heavy atom. The van der Waals surface area contributed by atoms with E-state index < -0.39 is 0 Å². The molecule has 24 heavy (non-hydrogen) atoms. The lowest BCUT2D eigenvalue weighted by atomic mass is 10.1. The van der Waals surface area contributed by atoms with Gasteiger partial charge in [-0.05, 0) is 49.7 Å². The topological polar surface area (TPSA) is 47.2 Å². The van der Waals surface area contributed by atoms with Crippen LogP contribution in [0.2, 0.25) is 0 Å². The van der Waals surface area contributed by atoms with Gasteiger partial charge in [-0.2, -0.15) is 0 Å². The number of rotatable bonds is 7. The summed E-state index contributed by atoms with van der Waals surface area (Å²) in [6.07, 6.45) is 5.90. The van der Waals surface area contributed by atoms with E-state index >= 15 is 0 Å². The van der Waals surface area contributed by atoms with Crippen molar-refractivity contribution < 1.29 is 9.21 Å². The van der Waals surface area contributed by atoms with Crippen LogP contribution in [-0.4, -0.2) is 16.5 Å². The Labute approximate surface area is 150 Å². The number of benzene rings is 1. The standard InChI is InChI=1S/C19H21BrN2O2/c1-14(4-6-17-3-2-12-24-17)21-19(23)9-11-22-10-8-15-13-16(20)5-7-18(15)22/h2-3,5,7-8,10,12-14H,4,6,9,11H2,1H3,(H,21,23)/t14-/m1/s1. The van der Waals surface area contributed by atoms with Gasteiger partial charge in [0, 0.05) is 47.0 Å². The van der Waals surface area contributed by atoms with Gasteiger partial charge in [-0.15, -0.1) is 0 Å². The molecule has 2 aromatic heterocycles. The zero-order valence-corrected chi connectivity index (χ0v) is 15.3. The number of aryl methyl sites for hydroxylation is 2. The van der Waals surface area contributed by atoms with Gasteiger partial charge < -0.3 is 14.3 Å². The molecule has 5 heteroatoms. The summed E-state index contributed by atoms with van der Waals surface area (Å²) in [5.41, 5.74) is 1.15. The summed E-state index contributed by atoms with van der Waals surface area (Å²) >= 11 is 3.48. The van der Waals surface area contributed by atoms with Gasteiger partial charge in [-0.25, -0.2) is 0 Å². The van der Waals surface area contributed by atoms with E-state index in [1.165, 1.54) is 5.39 Å². The summed E-state index contributed by atoms with van der Waals surface area (Å²) < 4.78 is 8.50. The number of carbonyl (C=O) groups is 1. The molecule has 0 radical (unpaired) electrons. The van der Waals surface area contributed by atoms with Crippen LogP contribution in [0.4, 0.5) is 0 Å². The number of aromatic nitrogens is 1. The Hall–Kier alpha value is -2.01. The number of halogens is 1. The average molecular weight is 389 g/mol. The lowest BCUT2D eigenvalue weighted by Gasteiger charge is -2.13. The molecule has 3 rings (SSSR count). The molecule has 4 nitrogen and oxygen atoms in total. The van der Waals surface area contributed by atoms with E-state index in [4.69, 9.17) is 4.42 Å². The Morgan fingerprint density at radius 3 is 3.00 bits per heavy atom. The van der Waals surface area contributed by atoms with Crippen molar-refractivity contribution in [2.45, 2.75) is 38.8 Å². The minimum absolute atomic E-state index is 0.0842. The Kier molecular flexibility index (Phi) is 5.41. The van der Waals surface area contributed by atoms with Crippen molar-refractivity contribution in [2.24, 2.45) is 0 Å². The molecule has 0 fully saturated rings. The lowest BCUT2D eigenvalue weighted by molar-refractivity contribution is -0.121. The summed E-state index contributed by atoms with van der Waals surface area (Å²) in [6, 6.07) is 12.2. The number of hydrogen-bond acceptors (Lipinski definition) is 2. The van der Waals surface area contributed by atoms with Crippen LogP contribution >= 0.6 is 15.9 Å². The van der Waals surface area contributed by atoms with Gasteiger partial charge in [-0.1, -0.05) is 15.9 Å². The summed E-state index contributed by atoms with van der Waals surface area (Å²) in [7, 11) is 0. The largest absolute Gasteiger partial charge is 0.469 e. The van der Waals surface area contributed by atoms with Crippen LogP contribution in [0.1, 0.15) is 25.5 Å². The van der Waals surface area contributed by atoms with Crippen LogP contribution in [0, 0.1) is 0 Å². The summed E-state index contributed by atoms with van der Waals surface area (Å²) in [5, 5.41) is 4.24. The molecule has 0 aliphatic heterocycles. The van der Waals surface area contributed by atoms with Crippen molar-refractivity contribution in [2.75, 3.05) is 0 Å². The molecule has 0 aliphatic rings. The predicted molar refractivity (Wildman–Crippen MR) is 98.9 cm³/mol. The first-order chi connectivity index (χ1) is 11.6. The number of nitrogens with one attached hydrogen (secondary N) is 1. The van der Waals surface area contributed by atoms with Gasteiger partial charge in [0.25, 0.3) is 0 Å². The second-order valence-corrected chi connectivity index (χ2v) is 6.96. The van der Waals surface area contributed by atoms with Crippen LogP contribution in [0.3, 0.4) is 0 Å². The number of nitrogens with zero attached hydrogens (tertiary/aromatic N) is 1. The maximum absolute atomic E-state index is 12.1. The Bertz CT molecular complexity index is 808. The van der Waals surface area contributed by atoms with Crippen molar-refractivity contribution in [1.29, 1.82) is 0 Å². The monoisotopic (exact) mass is 388 g/mol. The minimum atomic E-state index is 0.0842. The van der Waals surface area contributed by atoms with E-state index in [1.54, 1.807) is 6.26 Å². The predicted octanol–water partition coefficient (Wildman–Crippen LogP) is 4.52. The van der Waals surface area contributed by atoms with Gasteiger partial charge in [0.1, 0.15) is 5.76 Å². The normalized spacial score (nSPS) is 12.4. The molecule has 3 aromatic rings. The fourth-order valence-electron chi connectivity index (χ4n) is 2.82. The third-order valence-electron chi connectivity index (χ3n) is 4.12. The summed E-state index contributed by atoms with van der Waals surface area (Å²) in [5.74, 6) is 1.04. The maximum atomic E-state index is 12.1. The van der Waals surface area contributed by atoms with Crippen LogP contribution < -0.4 is 5.32 Å². The number of fused-ring (bicyclic) bond motifs is 1. The molecular weight excluding hydrogens is 368 g/mol. The fraction of sp³-hybridized carbons (Fsp3) is 0.316. The highest BCUT2D eigenvalue weighted by Crippen LogP contribution is 2.21. The van der Waals surface area contributed by atoms with Crippen molar-refractivity contribution >= 4 is 32.7 Å². The minimum Gasteiger partial charge on any atom is -0.469 e. The van der Waals surface area contributed by atoms with E-state index in [0.717, 1.165) is 28.6 Å². The molecule has 0 saturated heterocycles. The van der Waals surface area contributed by atoms with Crippen LogP contribution in [0.25, 0.3) is 10.9 Å². The summed E-state index contributed by atoms with van der Waals surface area (Å²) in [4.78, 5) is 12.1. The molecule has 1 amide bonds. The SMILES string of the molecule is C[C@H](CCc1ccco1)NC(=O)CCn1ccc2cc(Br)ccc21. The molecule has 126 valence electrons. The van der Waals surface area contributed by atoms with Crippen molar-refractivity contribution in [3.8, 4) is 0 Å². The van der Waals surface area contributed by atoms with Crippen molar-refractivity contribution in [3.63, 3.8) is 0 Å². The zero-order chi connectivity index (χ0) is 16.9. The van der Waals surface area contributed by atoms with Crippen LogP contribution in [-0.2, 0) is 17.8 Å². The molecule has 1 aromatic carbocycles. The second-order valence-electron chi connectivity index (χ2n) is 6.05. The van der Waals surface area contributed by atoms with Gasteiger partial charge >= 0.3 is 0 Å². The highest BCUT2D eigenvalue weighted by molar-refractivity contribution is 9.10. The number of hydrogen-bond donors (Lipinski definition) is 1. The maximum Gasteiger partial charge on any atom is 0.221 e. The molecule has 0 saturated carbocycles. The fourth-order valence-corrected chi connectivity index (χ4v) is 3.20. The van der Waals surface area contributed by atoms with E-state index in [-0.39, 0.29) is 11.9 Å². The van der Waals surface area contributed by atoms with Crippen LogP contribution in [0.5, 0.6) is 0 Å². The van der Waals surface area contributed by atoms with E-state index in [2.05, 4.69) is 44.0 Å². The zero-order valence-electron chi connectivity index (χ0n) is 13.7. The van der Waals surface area contributed by atoms with Gasteiger partial charge in [0.15, 0.2) is 0 Å². The first kappa shape index (κ1) is 16.8. The molecule has 1 N–H and O–H groups in total. The van der Waals surface area contributed by atoms with Crippen molar-refractivity contribution in [3.05, 3.63) is 59.1 Å². The lowest BCUT2D eigenvalue weighted by Crippen LogP contribution is -2.33. The van der Waals surface area contributed by atoms with Gasteiger partial charge in [-0.3, -0.25) is 4.79 Å². The highest BCUT2D eigenvalue weighted by atomic mass is 79.9. The molecule has 0 unspecified atom stereocenters. The highest BCUT2D eigenvalue weighted by Gasteiger charge is 2.09. The average Bonchev–Trinajstić information content (AvgIpc) is 3.20. The quantitative estimate of drug-likeness (QED) is 0.646. The molecule has 0 spiro atoms. The molecule has 2 heterocycles. The van der Waals surface area contributed by atoms with Gasteiger partial charge in [0.2, 0.25) is 5.91 Å². The number of furan rings is 1. The smallest absolute Gasteiger partial charge is 0.221 e. The Morgan fingerprint density at radius 2 is 2.21 bits per heavy atom. The second kappa shape index (κ2) is 7.71. The van der Waals surface area contributed by atoms with E-state index in [0.29, 0.717) is 13.0 Å². The first-order valence-corrected chi connectivity index (χ1v) is 8.97. The van der Waals surface area contributed by atoms with Crippen LogP contribution in [0.15, 0.2) is 57.7 Å². The molecule has 0 bridgehead atoms. The van der Waals surface area contributed by atoms with E-state index in [1.807, 2.05) is 31.3 Å². The third-order valence-corrected chi connectivity index (χ3v) is 4.62. The molecule has 1 atom stereocenters. The first-order valence-electron chi connectivity index (χ1n) is 8.18. The third kappa shape index (κ3) is 4.29. The Balaban J connectivity index is 1.47. The van der Waals surface area contributed by atoms with E-state index in [9.17, 15) is 4.79 Å². The molecular formula is C19H21BrN2O2.